The Labute approximate surface area is 166 Å². The molecule has 0 bridgehead atoms. The lowest BCUT2D eigenvalue weighted by Crippen LogP contribution is -2.29. The molecular formula is C19H15Cl2NOS2. The first-order chi connectivity index (χ1) is 12.0. The molecular weight excluding hydrogens is 393 g/mol. The number of carbonyl (C=O) groups is 1. The number of aryl methyl sites for hydroxylation is 1. The molecule has 25 heavy (non-hydrogen) atoms. The zero-order chi connectivity index (χ0) is 17.8. The minimum absolute atomic E-state index is 0.0610. The molecule has 128 valence electrons. The van der Waals surface area contributed by atoms with Crippen molar-refractivity contribution in [3.63, 3.8) is 0 Å². The van der Waals surface area contributed by atoms with Gasteiger partial charge in [-0.1, -0.05) is 83.6 Å². The Balaban J connectivity index is 1.66. The average molecular weight is 408 g/mol. The molecule has 2 nitrogen and oxygen atoms in total. The number of hydrogen-bond acceptors (Lipinski definition) is 3. The molecule has 0 aliphatic carbocycles. The van der Waals surface area contributed by atoms with Gasteiger partial charge in [-0.3, -0.25) is 9.69 Å². The Kier molecular flexibility index (Phi) is 6.18. The van der Waals surface area contributed by atoms with E-state index in [0.717, 1.165) is 18.4 Å². The number of nitrogens with zero attached hydrogens (tertiary/aromatic N) is 1. The van der Waals surface area contributed by atoms with Crippen molar-refractivity contribution in [2.75, 3.05) is 6.54 Å². The highest BCUT2D eigenvalue weighted by Crippen LogP contribution is 2.34. The van der Waals surface area contributed by atoms with Gasteiger partial charge < -0.3 is 0 Å². The third-order valence-electron chi connectivity index (χ3n) is 3.81. The van der Waals surface area contributed by atoms with Gasteiger partial charge in [0.05, 0.1) is 4.91 Å². The first-order valence-corrected chi connectivity index (χ1v) is 9.77. The summed E-state index contributed by atoms with van der Waals surface area (Å²) in [5.74, 6) is -0.0610. The van der Waals surface area contributed by atoms with E-state index >= 15 is 0 Å². The first kappa shape index (κ1) is 18.5. The van der Waals surface area contributed by atoms with Crippen molar-refractivity contribution in [3.05, 3.63) is 74.6 Å². The molecule has 1 saturated heterocycles. The summed E-state index contributed by atoms with van der Waals surface area (Å²) < 4.78 is 0.592. The molecule has 2 aromatic carbocycles. The maximum absolute atomic E-state index is 12.6. The quantitative estimate of drug-likeness (QED) is 0.459. The van der Waals surface area contributed by atoms with Gasteiger partial charge in [0, 0.05) is 16.6 Å². The molecule has 0 aromatic heterocycles. The highest BCUT2D eigenvalue weighted by Gasteiger charge is 2.31. The van der Waals surface area contributed by atoms with Gasteiger partial charge >= 0.3 is 0 Å². The van der Waals surface area contributed by atoms with E-state index in [1.54, 1.807) is 29.2 Å². The topological polar surface area (TPSA) is 20.3 Å². The fraction of sp³-hybridized carbons (Fsp3) is 0.158. The van der Waals surface area contributed by atoms with Crippen LogP contribution in [0.2, 0.25) is 10.0 Å². The van der Waals surface area contributed by atoms with Crippen LogP contribution in [-0.4, -0.2) is 21.7 Å². The van der Waals surface area contributed by atoms with Crippen molar-refractivity contribution in [1.82, 2.24) is 4.90 Å². The van der Waals surface area contributed by atoms with Crippen LogP contribution < -0.4 is 0 Å². The van der Waals surface area contributed by atoms with Gasteiger partial charge in [-0.15, -0.1) is 0 Å². The van der Waals surface area contributed by atoms with E-state index in [9.17, 15) is 4.79 Å². The molecule has 1 fully saturated rings. The molecule has 0 radical (unpaired) electrons. The summed E-state index contributed by atoms with van der Waals surface area (Å²) in [6, 6.07) is 15.4. The lowest BCUT2D eigenvalue weighted by molar-refractivity contribution is -0.122. The van der Waals surface area contributed by atoms with E-state index < -0.39 is 0 Å². The van der Waals surface area contributed by atoms with Crippen molar-refractivity contribution in [1.29, 1.82) is 0 Å². The van der Waals surface area contributed by atoms with Crippen LogP contribution in [0, 0.1) is 0 Å². The molecule has 0 spiro atoms. The van der Waals surface area contributed by atoms with Gasteiger partial charge in [0.1, 0.15) is 4.32 Å². The molecule has 1 aliphatic rings. The molecule has 6 heteroatoms. The van der Waals surface area contributed by atoms with Crippen LogP contribution in [0.1, 0.15) is 17.5 Å². The van der Waals surface area contributed by atoms with E-state index in [1.165, 1.54) is 17.3 Å². The van der Waals surface area contributed by atoms with E-state index in [0.29, 0.717) is 25.8 Å². The summed E-state index contributed by atoms with van der Waals surface area (Å²) in [6.45, 7) is 0.616. The summed E-state index contributed by atoms with van der Waals surface area (Å²) in [5.41, 5.74) is 2.02. The third-order valence-corrected chi connectivity index (χ3v) is 5.75. The van der Waals surface area contributed by atoms with Gasteiger partial charge in [-0.05, 0) is 42.2 Å². The van der Waals surface area contributed by atoms with Crippen LogP contribution in [0.3, 0.4) is 0 Å². The number of carbonyl (C=O) groups excluding carboxylic acids is 1. The highest BCUT2D eigenvalue weighted by molar-refractivity contribution is 8.26. The Bertz CT molecular complexity index is 837. The second-order valence-corrected chi connectivity index (χ2v) is 8.11. The van der Waals surface area contributed by atoms with Crippen LogP contribution in [0.15, 0.2) is 53.4 Å². The van der Waals surface area contributed by atoms with Gasteiger partial charge in [-0.2, -0.15) is 0 Å². The van der Waals surface area contributed by atoms with Crippen molar-refractivity contribution in [3.8, 4) is 0 Å². The van der Waals surface area contributed by atoms with Crippen LogP contribution in [0.5, 0.6) is 0 Å². The summed E-state index contributed by atoms with van der Waals surface area (Å²) in [5, 5.41) is 1.08. The predicted octanol–water partition coefficient (Wildman–Crippen LogP) is 5.83. The maximum Gasteiger partial charge on any atom is 0.266 e. The zero-order valence-electron chi connectivity index (χ0n) is 13.2. The molecule has 2 aromatic rings. The van der Waals surface area contributed by atoms with Crippen LogP contribution in [-0.2, 0) is 11.2 Å². The van der Waals surface area contributed by atoms with E-state index in [4.69, 9.17) is 35.4 Å². The lowest BCUT2D eigenvalue weighted by atomic mass is 10.1. The standard InChI is InChI=1S/C19H15Cl2NOS2/c20-15-9-8-14(16(21)12-15)11-17-18(23)22(19(24)25-17)10-4-7-13-5-2-1-3-6-13/h1-3,5-6,8-9,11-12H,4,7,10H2. The van der Waals surface area contributed by atoms with Gasteiger partial charge in [0.25, 0.3) is 5.91 Å². The van der Waals surface area contributed by atoms with Crippen LogP contribution in [0.25, 0.3) is 6.08 Å². The van der Waals surface area contributed by atoms with Gasteiger partial charge in [-0.25, -0.2) is 0 Å². The molecule has 0 saturated carbocycles. The highest BCUT2D eigenvalue weighted by atomic mass is 35.5. The number of thioether (sulfide) groups is 1. The van der Waals surface area contributed by atoms with Crippen molar-refractivity contribution >= 4 is 63.5 Å². The first-order valence-electron chi connectivity index (χ1n) is 7.79. The normalized spacial score (nSPS) is 16.1. The zero-order valence-corrected chi connectivity index (χ0v) is 16.4. The Hall–Kier alpha value is -1.33. The Morgan fingerprint density at radius 2 is 1.88 bits per heavy atom. The largest absolute Gasteiger partial charge is 0.293 e. The maximum atomic E-state index is 12.6. The Morgan fingerprint density at radius 3 is 2.60 bits per heavy atom. The SMILES string of the molecule is O=C1C(=Cc2ccc(Cl)cc2Cl)SC(=S)N1CCCc1ccccc1. The Morgan fingerprint density at radius 1 is 1.12 bits per heavy atom. The number of thiocarbonyl (C=S) groups is 1. The van der Waals surface area contributed by atoms with Crippen LogP contribution in [0.4, 0.5) is 0 Å². The van der Waals surface area contributed by atoms with Gasteiger partial charge in [0.15, 0.2) is 0 Å². The fourth-order valence-corrected chi connectivity index (χ4v) is 4.30. The van der Waals surface area contributed by atoms with Crippen molar-refractivity contribution in [2.24, 2.45) is 0 Å². The molecule has 0 N–H and O–H groups in total. The third kappa shape index (κ3) is 4.64. The smallest absolute Gasteiger partial charge is 0.266 e. The van der Waals surface area contributed by atoms with E-state index in [-0.39, 0.29) is 5.91 Å². The van der Waals surface area contributed by atoms with Crippen molar-refractivity contribution < 1.29 is 4.79 Å². The number of hydrogen-bond donors (Lipinski definition) is 0. The summed E-state index contributed by atoms with van der Waals surface area (Å²) in [4.78, 5) is 14.9. The fourth-order valence-electron chi connectivity index (χ4n) is 2.54. The predicted molar refractivity (Wildman–Crippen MR) is 111 cm³/mol. The van der Waals surface area contributed by atoms with Crippen molar-refractivity contribution in [2.45, 2.75) is 12.8 Å². The minimum Gasteiger partial charge on any atom is -0.293 e. The second kappa shape index (κ2) is 8.37. The molecule has 3 rings (SSSR count). The molecule has 0 atom stereocenters. The summed E-state index contributed by atoms with van der Waals surface area (Å²) >= 11 is 18.8. The van der Waals surface area contributed by atoms with E-state index in [2.05, 4.69) is 12.1 Å². The van der Waals surface area contributed by atoms with Crippen LogP contribution >= 0.6 is 47.2 Å². The monoisotopic (exact) mass is 407 g/mol. The number of benzene rings is 2. The number of rotatable bonds is 5. The molecule has 1 heterocycles. The molecule has 1 aliphatic heterocycles. The van der Waals surface area contributed by atoms with E-state index in [1.807, 2.05) is 18.2 Å². The molecule has 1 amide bonds. The lowest BCUT2D eigenvalue weighted by Gasteiger charge is -2.14. The number of halogens is 2. The number of amides is 1. The summed E-state index contributed by atoms with van der Waals surface area (Å²) in [7, 11) is 0. The average Bonchev–Trinajstić information content (AvgIpc) is 2.86. The molecule has 0 unspecified atom stereocenters. The minimum atomic E-state index is -0.0610. The van der Waals surface area contributed by atoms with Gasteiger partial charge in [0.2, 0.25) is 0 Å². The second-order valence-electron chi connectivity index (χ2n) is 5.59. The summed E-state index contributed by atoms with van der Waals surface area (Å²) in [6.07, 6.45) is 3.56.